The number of nitrogens with zero attached hydrogens (tertiary/aromatic N) is 1. The van der Waals surface area contributed by atoms with Crippen LogP contribution in [0.15, 0.2) is 18.3 Å². The first kappa shape index (κ1) is 12.5. The van der Waals surface area contributed by atoms with Gasteiger partial charge in [0.1, 0.15) is 0 Å². The van der Waals surface area contributed by atoms with Gasteiger partial charge in [0.25, 0.3) is 0 Å². The number of piperidine rings is 1. The van der Waals surface area contributed by atoms with E-state index < -0.39 is 0 Å². The highest BCUT2D eigenvalue weighted by Crippen LogP contribution is 2.59. The van der Waals surface area contributed by atoms with Gasteiger partial charge in [0.2, 0.25) is 5.91 Å². The minimum absolute atomic E-state index is 0.289. The molecule has 2 aliphatic heterocycles. The van der Waals surface area contributed by atoms with Crippen LogP contribution in [-0.2, 0) is 4.79 Å². The van der Waals surface area contributed by atoms with Crippen molar-refractivity contribution in [2.45, 2.75) is 38.1 Å². The summed E-state index contributed by atoms with van der Waals surface area (Å²) in [4.78, 5) is 18.3. The van der Waals surface area contributed by atoms with E-state index in [0.29, 0.717) is 17.2 Å². The Morgan fingerprint density at radius 2 is 2.20 bits per heavy atom. The van der Waals surface area contributed by atoms with Crippen LogP contribution in [0.25, 0.3) is 0 Å². The largest absolute Gasteiger partial charge is 0.363 e. The maximum absolute atomic E-state index is 12.9. The van der Waals surface area contributed by atoms with Crippen molar-refractivity contribution < 1.29 is 4.79 Å². The van der Waals surface area contributed by atoms with Gasteiger partial charge in [-0.1, -0.05) is 0 Å². The molecule has 1 saturated carbocycles. The van der Waals surface area contributed by atoms with Crippen LogP contribution in [0, 0.1) is 11.3 Å². The zero-order valence-corrected chi connectivity index (χ0v) is 11.9. The minimum Gasteiger partial charge on any atom is -0.363 e. The number of amides is 1. The van der Waals surface area contributed by atoms with Crippen LogP contribution in [-0.4, -0.2) is 35.4 Å². The Balaban J connectivity index is 1.49. The second-order valence-electron chi connectivity index (χ2n) is 6.68. The molecule has 0 aromatic carbocycles. The highest BCUT2D eigenvalue weighted by atomic mass is 16.2. The number of carbonyl (C=O) groups excluding carboxylic acids is 1. The molecule has 2 atom stereocenters. The molecule has 1 aromatic rings. The SMILES string of the molecule is O=C(C1CC12CCNCC2)N1CCCC1c1ccc[nH]1. The number of H-pyrrole nitrogens is 1. The summed E-state index contributed by atoms with van der Waals surface area (Å²) in [5.41, 5.74) is 1.56. The van der Waals surface area contributed by atoms with E-state index in [1.54, 1.807) is 0 Å². The van der Waals surface area contributed by atoms with Crippen LogP contribution < -0.4 is 5.32 Å². The van der Waals surface area contributed by atoms with Crippen LogP contribution in [0.3, 0.4) is 0 Å². The van der Waals surface area contributed by atoms with Gasteiger partial charge in [-0.05, 0) is 62.7 Å². The molecule has 1 spiro atoms. The van der Waals surface area contributed by atoms with Crippen molar-refractivity contribution in [2.75, 3.05) is 19.6 Å². The highest BCUT2D eigenvalue weighted by Gasteiger charge is 2.59. The zero-order valence-electron chi connectivity index (χ0n) is 11.9. The maximum Gasteiger partial charge on any atom is 0.226 e. The first-order chi connectivity index (χ1) is 9.80. The molecule has 3 heterocycles. The van der Waals surface area contributed by atoms with E-state index >= 15 is 0 Å². The lowest BCUT2D eigenvalue weighted by atomic mass is 9.91. The molecule has 2 unspecified atom stereocenters. The summed E-state index contributed by atoms with van der Waals surface area (Å²) in [6, 6.07) is 4.43. The molecule has 1 aliphatic carbocycles. The summed E-state index contributed by atoms with van der Waals surface area (Å²) in [5, 5.41) is 3.41. The topological polar surface area (TPSA) is 48.1 Å². The Labute approximate surface area is 119 Å². The van der Waals surface area contributed by atoms with Gasteiger partial charge in [0, 0.05) is 24.4 Å². The van der Waals surface area contributed by atoms with Crippen LogP contribution in [0.2, 0.25) is 0 Å². The molecule has 20 heavy (non-hydrogen) atoms. The fourth-order valence-electron chi connectivity index (χ4n) is 4.28. The maximum atomic E-state index is 12.9. The molecule has 108 valence electrons. The van der Waals surface area contributed by atoms with Gasteiger partial charge in [0.05, 0.1) is 6.04 Å². The fraction of sp³-hybridized carbons (Fsp3) is 0.688. The Kier molecular flexibility index (Phi) is 2.88. The number of rotatable bonds is 2. The molecule has 2 N–H and O–H groups in total. The Morgan fingerprint density at radius 3 is 2.95 bits per heavy atom. The van der Waals surface area contributed by atoms with Gasteiger partial charge in [-0.3, -0.25) is 4.79 Å². The Bertz CT molecular complexity index is 490. The molecular formula is C16H23N3O. The summed E-state index contributed by atoms with van der Waals surface area (Å²) in [6.07, 6.45) is 7.70. The Hall–Kier alpha value is -1.29. The second kappa shape index (κ2) is 4.62. The van der Waals surface area contributed by atoms with E-state index in [1.807, 2.05) is 12.3 Å². The third-order valence-corrected chi connectivity index (χ3v) is 5.60. The molecule has 4 heteroatoms. The molecule has 4 rings (SSSR count). The van der Waals surface area contributed by atoms with Crippen molar-refractivity contribution in [3.8, 4) is 0 Å². The summed E-state index contributed by atoms with van der Waals surface area (Å²) < 4.78 is 0. The molecule has 4 nitrogen and oxygen atoms in total. The number of hydrogen-bond acceptors (Lipinski definition) is 2. The second-order valence-corrected chi connectivity index (χ2v) is 6.68. The van der Waals surface area contributed by atoms with E-state index in [1.165, 1.54) is 18.5 Å². The van der Waals surface area contributed by atoms with Crippen molar-refractivity contribution in [3.63, 3.8) is 0 Å². The zero-order chi connectivity index (χ0) is 13.6. The molecule has 1 aromatic heterocycles. The normalized spacial score (nSPS) is 31.7. The standard InChI is InChI=1S/C16H23N3O/c20-15(12-11-16(12)5-8-17-9-6-16)19-10-2-4-14(19)13-3-1-7-18-13/h1,3,7,12,14,17-18H,2,4-6,8-11H2. The molecular weight excluding hydrogens is 250 g/mol. The van der Waals surface area contributed by atoms with Gasteiger partial charge in [0.15, 0.2) is 0 Å². The van der Waals surface area contributed by atoms with Gasteiger partial charge in [-0.25, -0.2) is 0 Å². The quantitative estimate of drug-likeness (QED) is 0.866. The molecule has 0 bridgehead atoms. The van der Waals surface area contributed by atoms with Crippen LogP contribution in [0.5, 0.6) is 0 Å². The van der Waals surface area contributed by atoms with Gasteiger partial charge in [-0.2, -0.15) is 0 Å². The average molecular weight is 273 g/mol. The van der Waals surface area contributed by atoms with E-state index in [0.717, 1.165) is 38.9 Å². The van der Waals surface area contributed by atoms with E-state index in [-0.39, 0.29) is 6.04 Å². The fourth-order valence-corrected chi connectivity index (χ4v) is 4.28. The number of nitrogens with one attached hydrogen (secondary N) is 2. The number of carbonyl (C=O) groups is 1. The van der Waals surface area contributed by atoms with Crippen molar-refractivity contribution in [1.29, 1.82) is 0 Å². The van der Waals surface area contributed by atoms with Crippen molar-refractivity contribution in [2.24, 2.45) is 11.3 Å². The summed E-state index contributed by atoms with van der Waals surface area (Å²) in [5.74, 6) is 0.726. The number of aromatic nitrogens is 1. The van der Waals surface area contributed by atoms with Crippen LogP contribution in [0.1, 0.15) is 43.8 Å². The highest BCUT2D eigenvalue weighted by molar-refractivity contribution is 5.83. The monoisotopic (exact) mass is 273 g/mol. The molecule has 0 radical (unpaired) electrons. The first-order valence-corrected chi connectivity index (χ1v) is 7.95. The number of aromatic amines is 1. The van der Waals surface area contributed by atoms with Crippen LogP contribution >= 0.6 is 0 Å². The Morgan fingerprint density at radius 1 is 1.35 bits per heavy atom. The van der Waals surface area contributed by atoms with Crippen molar-refractivity contribution in [1.82, 2.24) is 15.2 Å². The summed E-state index contributed by atoms with van der Waals surface area (Å²) in [7, 11) is 0. The van der Waals surface area contributed by atoms with Gasteiger partial charge >= 0.3 is 0 Å². The van der Waals surface area contributed by atoms with E-state index in [2.05, 4.69) is 21.3 Å². The van der Waals surface area contributed by atoms with Crippen LogP contribution in [0.4, 0.5) is 0 Å². The van der Waals surface area contributed by atoms with Gasteiger partial charge in [-0.15, -0.1) is 0 Å². The predicted octanol–water partition coefficient (Wildman–Crippen LogP) is 2.07. The van der Waals surface area contributed by atoms with E-state index in [4.69, 9.17) is 0 Å². The lowest BCUT2D eigenvalue weighted by Gasteiger charge is -2.28. The minimum atomic E-state index is 0.289. The number of likely N-dealkylation sites (tertiary alicyclic amines) is 1. The van der Waals surface area contributed by atoms with Crippen molar-refractivity contribution >= 4 is 5.91 Å². The van der Waals surface area contributed by atoms with E-state index in [9.17, 15) is 4.79 Å². The molecule has 2 saturated heterocycles. The third-order valence-electron chi connectivity index (χ3n) is 5.60. The smallest absolute Gasteiger partial charge is 0.226 e. The lowest BCUT2D eigenvalue weighted by molar-refractivity contribution is -0.134. The summed E-state index contributed by atoms with van der Waals surface area (Å²) in [6.45, 7) is 3.11. The van der Waals surface area contributed by atoms with Crippen molar-refractivity contribution in [3.05, 3.63) is 24.0 Å². The predicted molar refractivity (Wildman–Crippen MR) is 77.1 cm³/mol. The lowest BCUT2D eigenvalue weighted by Crippen LogP contribution is -2.36. The average Bonchev–Trinajstić information content (AvgIpc) is 2.95. The van der Waals surface area contributed by atoms with Gasteiger partial charge < -0.3 is 15.2 Å². The third kappa shape index (κ3) is 1.89. The first-order valence-electron chi connectivity index (χ1n) is 7.95. The molecule has 3 fully saturated rings. The molecule has 3 aliphatic rings. The summed E-state index contributed by atoms with van der Waals surface area (Å²) >= 11 is 0. The molecule has 1 amide bonds. The number of hydrogen-bond donors (Lipinski definition) is 2.